The van der Waals surface area contributed by atoms with Crippen molar-refractivity contribution in [3.8, 4) is 6.07 Å². The minimum Gasteiger partial charge on any atom is -0.481 e. The van der Waals surface area contributed by atoms with Gasteiger partial charge in [-0.25, -0.2) is 18.4 Å². The molecule has 0 bridgehead atoms. The molecule has 0 aliphatic carbocycles. The van der Waals surface area contributed by atoms with Gasteiger partial charge < -0.3 is 35.3 Å². The molecule has 1 aromatic carbocycles. The number of nitrogens with one attached hydrogen (secondary N) is 3. The molecule has 0 aromatic heterocycles. The number of sulfonamides is 1. The number of urea groups is 1. The first-order chi connectivity index (χ1) is 25.0. The van der Waals surface area contributed by atoms with E-state index >= 15 is 0 Å². The standard InChI is InChI=1S/C36H55N5O12S/c1-8-34(5,28(43)44)15-16-35(6,30(46)51-9-2)17-18-36(7,24-33(3,4)29(45)52-22-20-39-27(42)14-19-37)31(47)53-23-21-40-32(48)41-25-10-12-26(13-11-25)54(38,49)50/h10-13H,8-9,14-18,20-24H2,1-7H3,(H,39,42)(H,43,44)(H2,38,49,50)(H2,40,41,48). The van der Waals surface area contributed by atoms with Crippen LogP contribution in [0.2, 0.25) is 0 Å². The third-order valence-electron chi connectivity index (χ3n) is 9.36. The van der Waals surface area contributed by atoms with Crippen LogP contribution in [0.1, 0.15) is 93.4 Å². The molecule has 0 saturated carbocycles. The van der Waals surface area contributed by atoms with E-state index in [9.17, 15) is 42.3 Å². The summed E-state index contributed by atoms with van der Waals surface area (Å²) in [4.78, 5) is 76.3. The van der Waals surface area contributed by atoms with Crippen molar-refractivity contribution in [3.05, 3.63) is 24.3 Å². The second-order valence-corrected chi connectivity index (χ2v) is 16.1. The molecule has 54 heavy (non-hydrogen) atoms. The average Bonchev–Trinajstić information content (AvgIpc) is 3.09. The summed E-state index contributed by atoms with van der Waals surface area (Å²) in [6.45, 7) is 10.8. The van der Waals surface area contributed by atoms with Crippen molar-refractivity contribution in [1.82, 2.24) is 10.6 Å². The maximum Gasteiger partial charge on any atom is 0.319 e. The summed E-state index contributed by atoms with van der Waals surface area (Å²) in [5, 5.41) is 31.1. The van der Waals surface area contributed by atoms with Crippen molar-refractivity contribution >= 4 is 51.5 Å². The number of benzene rings is 1. The van der Waals surface area contributed by atoms with Gasteiger partial charge in [0.15, 0.2) is 0 Å². The van der Waals surface area contributed by atoms with Crippen LogP contribution < -0.4 is 21.1 Å². The van der Waals surface area contributed by atoms with Crippen molar-refractivity contribution < 1.29 is 56.5 Å². The highest BCUT2D eigenvalue weighted by atomic mass is 32.2. The van der Waals surface area contributed by atoms with Gasteiger partial charge in [-0.05, 0) is 104 Å². The van der Waals surface area contributed by atoms with Gasteiger partial charge in [0.25, 0.3) is 0 Å². The Kier molecular flexibility index (Phi) is 18.1. The Morgan fingerprint density at radius 3 is 1.78 bits per heavy atom. The number of nitrogens with zero attached hydrogens (tertiary/aromatic N) is 1. The fraction of sp³-hybridized carbons (Fsp3) is 0.639. The summed E-state index contributed by atoms with van der Waals surface area (Å²) >= 11 is 0. The molecule has 0 heterocycles. The number of hydrogen-bond donors (Lipinski definition) is 5. The topological polar surface area (TPSA) is 270 Å². The molecule has 1 aromatic rings. The van der Waals surface area contributed by atoms with Crippen molar-refractivity contribution in [2.75, 3.05) is 38.2 Å². The SMILES string of the molecule is CCOC(=O)C(C)(CCC(C)(CC)C(=O)O)CCC(C)(CC(C)(C)C(=O)OCCNC(=O)CC#N)C(=O)OCCNC(=O)Nc1ccc(S(N)(=O)=O)cc1. The van der Waals surface area contributed by atoms with Gasteiger partial charge >= 0.3 is 29.9 Å². The lowest BCUT2D eigenvalue weighted by atomic mass is 9.67. The minimum atomic E-state index is -3.92. The van der Waals surface area contributed by atoms with Crippen molar-refractivity contribution in [3.63, 3.8) is 0 Å². The van der Waals surface area contributed by atoms with Crippen LogP contribution in [-0.4, -0.2) is 82.2 Å². The number of primary sulfonamides is 1. The van der Waals surface area contributed by atoms with Gasteiger partial charge in [-0.3, -0.25) is 24.0 Å². The summed E-state index contributed by atoms with van der Waals surface area (Å²) in [6, 6.07) is 6.18. The molecular weight excluding hydrogens is 726 g/mol. The molecule has 3 atom stereocenters. The first kappa shape index (κ1) is 47.3. The van der Waals surface area contributed by atoms with E-state index < -0.39 is 67.5 Å². The predicted molar refractivity (Wildman–Crippen MR) is 196 cm³/mol. The summed E-state index contributed by atoms with van der Waals surface area (Å²) < 4.78 is 39.3. The maximum atomic E-state index is 13.8. The number of aliphatic carboxylic acids is 1. The number of nitrogens with two attached hydrogens (primary N) is 1. The zero-order valence-corrected chi connectivity index (χ0v) is 33.0. The summed E-state index contributed by atoms with van der Waals surface area (Å²) in [5.74, 6) is -3.50. The van der Waals surface area contributed by atoms with Crippen molar-refractivity contribution in [2.45, 2.75) is 98.3 Å². The van der Waals surface area contributed by atoms with E-state index in [2.05, 4.69) is 16.0 Å². The molecule has 0 saturated heterocycles. The summed E-state index contributed by atoms with van der Waals surface area (Å²) in [5.41, 5.74) is -4.74. The van der Waals surface area contributed by atoms with Gasteiger partial charge in [-0.1, -0.05) is 6.92 Å². The normalized spacial score (nSPS) is 14.8. The number of carboxylic acid groups (broad SMARTS) is 1. The van der Waals surface area contributed by atoms with Gasteiger partial charge in [-0.2, -0.15) is 5.26 Å². The van der Waals surface area contributed by atoms with E-state index in [1.807, 2.05) is 0 Å². The zero-order chi connectivity index (χ0) is 41.4. The first-order valence-corrected chi connectivity index (χ1v) is 19.1. The van der Waals surface area contributed by atoms with Crippen LogP contribution in [0, 0.1) is 33.0 Å². The lowest BCUT2D eigenvalue weighted by Gasteiger charge is -2.37. The van der Waals surface area contributed by atoms with Gasteiger partial charge in [0, 0.05) is 5.69 Å². The number of carboxylic acids is 1. The van der Waals surface area contributed by atoms with E-state index in [-0.39, 0.29) is 82.0 Å². The van der Waals surface area contributed by atoms with Crippen LogP contribution in [0.5, 0.6) is 0 Å². The van der Waals surface area contributed by atoms with Gasteiger partial charge in [-0.15, -0.1) is 0 Å². The molecular formula is C36H55N5O12S. The summed E-state index contributed by atoms with van der Waals surface area (Å²) in [6.07, 6.45) is 0.235. The molecule has 302 valence electrons. The highest BCUT2D eigenvalue weighted by Crippen LogP contribution is 2.45. The molecule has 6 N–H and O–H groups in total. The number of nitriles is 1. The number of amides is 3. The molecule has 0 aliphatic heterocycles. The first-order valence-electron chi connectivity index (χ1n) is 17.5. The van der Waals surface area contributed by atoms with Crippen molar-refractivity contribution in [2.24, 2.45) is 26.8 Å². The Balaban J connectivity index is 3.18. The number of esters is 3. The molecule has 0 fully saturated rings. The van der Waals surface area contributed by atoms with Crippen LogP contribution in [0.25, 0.3) is 0 Å². The fourth-order valence-corrected chi connectivity index (χ4v) is 6.05. The number of ether oxygens (including phenoxy) is 3. The second kappa shape index (κ2) is 20.6. The number of carbonyl (C=O) groups is 6. The Morgan fingerprint density at radius 2 is 1.28 bits per heavy atom. The molecule has 0 radical (unpaired) electrons. The number of anilines is 1. The number of hydrogen-bond acceptors (Lipinski definition) is 12. The largest absolute Gasteiger partial charge is 0.481 e. The molecule has 1 rings (SSSR count). The highest BCUT2D eigenvalue weighted by Gasteiger charge is 2.47. The summed E-state index contributed by atoms with van der Waals surface area (Å²) in [7, 11) is -3.92. The number of carbonyl (C=O) groups excluding carboxylic acids is 5. The Morgan fingerprint density at radius 1 is 0.778 bits per heavy atom. The number of rotatable bonds is 23. The van der Waals surface area contributed by atoms with E-state index in [1.54, 1.807) is 54.5 Å². The lowest BCUT2D eigenvalue weighted by Crippen LogP contribution is -2.42. The van der Waals surface area contributed by atoms with Crippen molar-refractivity contribution in [1.29, 1.82) is 5.26 Å². The van der Waals surface area contributed by atoms with E-state index in [1.165, 1.54) is 24.3 Å². The van der Waals surface area contributed by atoms with Gasteiger partial charge in [0.2, 0.25) is 15.9 Å². The Hall–Kier alpha value is -4.76. The average molecular weight is 782 g/mol. The molecule has 0 aliphatic rings. The molecule has 18 heteroatoms. The monoisotopic (exact) mass is 781 g/mol. The fourth-order valence-electron chi connectivity index (χ4n) is 5.53. The minimum absolute atomic E-state index is 0.0143. The van der Waals surface area contributed by atoms with Crippen LogP contribution >= 0.6 is 0 Å². The van der Waals surface area contributed by atoms with E-state index in [4.69, 9.17) is 24.6 Å². The molecule has 0 spiro atoms. The van der Waals surface area contributed by atoms with Crippen LogP contribution in [0.4, 0.5) is 10.5 Å². The lowest BCUT2D eigenvalue weighted by molar-refractivity contribution is -0.166. The van der Waals surface area contributed by atoms with Crippen LogP contribution in [0.15, 0.2) is 29.2 Å². The van der Waals surface area contributed by atoms with Gasteiger partial charge in [0.05, 0.1) is 52.3 Å². The quantitative estimate of drug-likeness (QED) is 0.0604. The second-order valence-electron chi connectivity index (χ2n) is 14.5. The Bertz CT molecular complexity index is 1640. The molecule has 17 nitrogen and oxygen atoms in total. The van der Waals surface area contributed by atoms with E-state index in [0.29, 0.717) is 6.42 Å². The third kappa shape index (κ3) is 14.9. The predicted octanol–water partition coefficient (Wildman–Crippen LogP) is 3.63. The smallest absolute Gasteiger partial charge is 0.319 e. The third-order valence-corrected chi connectivity index (χ3v) is 10.3. The molecule has 3 amide bonds. The van der Waals surface area contributed by atoms with E-state index in [0.717, 1.165) is 0 Å². The maximum absolute atomic E-state index is 13.8. The Labute approximate surface area is 317 Å². The van der Waals surface area contributed by atoms with Crippen LogP contribution in [0.3, 0.4) is 0 Å². The van der Waals surface area contributed by atoms with Gasteiger partial charge in [0.1, 0.15) is 19.6 Å². The highest BCUT2D eigenvalue weighted by molar-refractivity contribution is 7.89. The van der Waals surface area contributed by atoms with Crippen LogP contribution in [-0.2, 0) is 48.2 Å². The molecule has 3 unspecified atom stereocenters. The zero-order valence-electron chi connectivity index (χ0n) is 32.2.